The van der Waals surface area contributed by atoms with E-state index in [-0.39, 0.29) is 23.1 Å². The quantitative estimate of drug-likeness (QED) is 0.764. The van der Waals surface area contributed by atoms with Crippen molar-refractivity contribution in [2.24, 2.45) is 11.3 Å². The highest BCUT2D eigenvalue weighted by atomic mass is 16.2. The monoisotopic (exact) mass is 257 g/mol. The topological polar surface area (TPSA) is 37.4 Å². The third-order valence-electron chi connectivity index (χ3n) is 4.77. The van der Waals surface area contributed by atoms with Gasteiger partial charge in [0.2, 0.25) is 5.91 Å². The number of hydrogen-bond acceptors (Lipinski definition) is 2. The van der Waals surface area contributed by atoms with E-state index in [1.165, 1.54) is 0 Å². The second kappa shape index (κ2) is 4.19. The molecule has 1 amide bonds. The molecule has 0 N–H and O–H groups in total. The summed E-state index contributed by atoms with van der Waals surface area (Å²) in [6.07, 6.45) is 1.42. The molecule has 3 atom stereocenters. The van der Waals surface area contributed by atoms with Crippen molar-refractivity contribution < 1.29 is 9.59 Å². The Balaban J connectivity index is 1.88. The van der Waals surface area contributed by atoms with Gasteiger partial charge in [-0.2, -0.15) is 0 Å². The lowest BCUT2D eigenvalue weighted by atomic mass is 9.82. The normalized spacial score (nSPS) is 31.7. The molecule has 0 spiro atoms. The van der Waals surface area contributed by atoms with Crippen LogP contribution in [0.4, 0.5) is 0 Å². The van der Waals surface area contributed by atoms with Gasteiger partial charge in [-0.3, -0.25) is 9.59 Å². The summed E-state index contributed by atoms with van der Waals surface area (Å²) in [5, 5.41) is 0. The van der Waals surface area contributed by atoms with E-state index >= 15 is 0 Å². The Morgan fingerprint density at radius 2 is 1.95 bits per heavy atom. The second-order valence-corrected chi connectivity index (χ2v) is 6.11. The van der Waals surface area contributed by atoms with Gasteiger partial charge in [-0.1, -0.05) is 37.3 Å². The molecule has 0 bridgehead atoms. The third-order valence-corrected chi connectivity index (χ3v) is 4.77. The molecule has 3 nitrogen and oxygen atoms in total. The number of carbonyl (C=O) groups is 2. The van der Waals surface area contributed by atoms with Gasteiger partial charge in [-0.25, -0.2) is 0 Å². The van der Waals surface area contributed by atoms with Gasteiger partial charge in [0.25, 0.3) is 0 Å². The number of fused-ring (bicyclic) bond motifs is 1. The van der Waals surface area contributed by atoms with E-state index < -0.39 is 5.92 Å². The molecule has 0 unspecified atom stereocenters. The molecule has 0 radical (unpaired) electrons. The summed E-state index contributed by atoms with van der Waals surface area (Å²) >= 11 is 0. The van der Waals surface area contributed by atoms with Gasteiger partial charge in [-0.15, -0.1) is 0 Å². The average Bonchev–Trinajstić information content (AvgIpc) is 2.85. The van der Waals surface area contributed by atoms with E-state index in [1.807, 2.05) is 42.2 Å². The van der Waals surface area contributed by atoms with Crippen LogP contribution in [0.2, 0.25) is 0 Å². The summed E-state index contributed by atoms with van der Waals surface area (Å²) in [6.45, 7) is 4.83. The van der Waals surface area contributed by atoms with Crippen LogP contribution in [-0.4, -0.2) is 23.1 Å². The second-order valence-electron chi connectivity index (χ2n) is 6.11. The highest BCUT2D eigenvalue weighted by Crippen LogP contribution is 2.49. The van der Waals surface area contributed by atoms with E-state index in [9.17, 15) is 9.59 Å². The molecule has 19 heavy (non-hydrogen) atoms. The molecule has 1 heterocycles. The van der Waals surface area contributed by atoms with Gasteiger partial charge in [0.1, 0.15) is 11.7 Å². The van der Waals surface area contributed by atoms with Gasteiger partial charge in [0.15, 0.2) is 0 Å². The van der Waals surface area contributed by atoms with E-state index in [2.05, 4.69) is 6.92 Å². The van der Waals surface area contributed by atoms with E-state index in [0.717, 1.165) is 12.0 Å². The predicted octanol–water partition coefficient (Wildman–Crippen LogP) is 2.58. The number of amides is 1. The zero-order chi connectivity index (χ0) is 13.6. The molecule has 100 valence electrons. The van der Waals surface area contributed by atoms with Crippen molar-refractivity contribution in [3.8, 4) is 0 Å². The van der Waals surface area contributed by atoms with E-state index in [0.29, 0.717) is 13.0 Å². The Hall–Kier alpha value is -1.64. The summed E-state index contributed by atoms with van der Waals surface area (Å²) in [5.74, 6) is -0.227. The lowest BCUT2D eigenvalue weighted by molar-refractivity contribution is -0.137. The first-order chi connectivity index (χ1) is 9.03. The fourth-order valence-electron chi connectivity index (χ4n) is 3.56. The number of Topliss-reactive ketones (excluding diaryl/α,β-unsaturated/α-hetero) is 1. The van der Waals surface area contributed by atoms with Crippen molar-refractivity contribution in [3.63, 3.8) is 0 Å². The first-order valence-electron chi connectivity index (χ1n) is 6.91. The Morgan fingerprint density at radius 1 is 1.26 bits per heavy atom. The Morgan fingerprint density at radius 3 is 2.58 bits per heavy atom. The molecule has 2 fully saturated rings. The summed E-state index contributed by atoms with van der Waals surface area (Å²) in [7, 11) is 0. The fourth-order valence-corrected chi connectivity index (χ4v) is 3.56. The van der Waals surface area contributed by atoms with Crippen LogP contribution in [0.5, 0.6) is 0 Å². The summed E-state index contributed by atoms with van der Waals surface area (Å²) in [4.78, 5) is 26.3. The lowest BCUT2D eigenvalue weighted by Gasteiger charge is -2.27. The van der Waals surface area contributed by atoms with Crippen molar-refractivity contribution >= 4 is 11.7 Å². The molecule has 1 aromatic rings. The SMILES string of the molecule is C[C@H](c1ccccc1)N1C[C@]2(C)CCC(=O)[C@@H]2C1=O. The first kappa shape index (κ1) is 12.4. The summed E-state index contributed by atoms with van der Waals surface area (Å²) < 4.78 is 0. The minimum absolute atomic E-state index is 0.0290. The largest absolute Gasteiger partial charge is 0.335 e. The first-order valence-corrected chi connectivity index (χ1v) is 6.91. The minimum atomic E-state index is -0.390. The average molecular weight is 257 g/mol. The molecule has 1 aliphatic carbocycles. The molecular weight excluding hydrogens is 238 g/mol. The maximum Gasteiger partial charge on any atom is 0.234 e. The predicted molar refractivity (Wildman–Crippen MR) is 72.4 cm³/mol. The molecule has 1 saturated heterocycles. The molecule has 1 saturated carbocycles. The summed E-state index contributed by atoms with van der Waals surface area (Å²) in [5.41, 5.74) is 0.990. The number of nitrogens with zero attached hydrogens (tertiary/aromatic N) is 1. The smallest absolute Gasteiger partial charge is 0.234 e. The molecule has 0 aromatic heterocycles. The van der Waals surface area contributed by atoms with Crippen molar-refractivity contribution in [1.29, 1.82) is 0 Å². The van der Waals surface area contributed by atoms with E-state index in [1.54, 1.807) is 0 Å². The standard InChI is InChI=1S/C16H19NO2/c1-11(12-6-4-3-5-7-12)17-10-16(2)9-8-13(18)14(16)15(17)19/h3-7,11,14H,8-10H2,1-2H3/t11-,14-,16+/m1/s1. The zero-order valence-electron chi connectivity index (χ0n) is 11.4. The highest BCUT2D eigenvalue weighted by molar-refractivity contribution is 6.05. The number of likely N-dealkylation sites (tertiary alicyclic amines) is 1. The fraction of sp³-hybridized carbons (Fsp3) is 0.500. The van der Waals surface area contributed by atoms with Crippen molar-refractivity contribution in [1.82, 2.24) is 4.90 Å². The Kier molecular flexibility index (Phi) is 2.73. The molecule has 2 aliphatic rings. The maximum atomic E-state index is 12.5. The molecule has 1 aliphatic heterocycles. The third kappa shape index (κ3) is 1.79. The molecular formula is C16H19NO2. The van der Waals surface area contributed by atoms with Gasteiger partial charge in [-0.05, 0) is 18.9 Å². The van der Waals surface area contributed by atoms with Crippen LogP contribution in [-0.2, 0) is 9.59 Å². The highest BCUT2D eigenvalue weighted by Gasteiger charge is 2.56. The van der Waals surface area contributed by atoms with Crippen molar-refractivity contribution in [2.45, 2.75) is 32.7 Å². The van der Waals surface area contributed by atoms with Crippen molar-refractivity contribution in [3.05, 3.63) is 35.9 Å². The van der Waals surface area contributed by atoms with Crippen LogP contribution in [0.15, 0.2) is 30.3 Å². The Labute approximate surface area is 113 Å². The lowest BCUT2D eigenvalue weighted by Crippen LogP contribution is -2.32. The maximum absolute atomic E-state index is 12.5. The minimum Gasteiger partial charge on any atom is -0.335 e. The molecule has 3 heteroatoms. The van der Waals surface area contributed by atoms with Crippen LogP contribution in [0, 0.1) is 11.3 Å². The van der Waals surface area contributed by atoms with Crippen LogP contribution < -0.4 is 0 Å². The Bertz CT molecular complexity index is 525. The number of carbonyl (C=O) groups excluding carboxylic acids is 2. The summed E-state index contributed by atoms with van der Waals surface area (Å²) in [6, 6.07) is 10.1. The number of rotatable bonds is 2. The van der Waals surface area contributed by atoms with Gasteiger partial charge in [0, 0.05) is 18.4 Å². The van der Waals surface area contributed by atoms with Gasteiger partial charge in [0.05, 0.1) is 6.04 Å². The van der Waals surface area contributed by atoms with Crippen LogP contribution in [0.25, 0.3) is 0 Å². The number of benzene rings is 1. The molecule has 3 rings (SSSR count). The van der Waals surface area contributed by atoms with Gasteiger partial charge < -0.3 is 4.90 Å². The van der Waals surface area contributed by atoms with Crippen LogP contribution >= 0.6 is 0 Å². The number of hydrogen-bond donors (Lipinski definition) is 0. The van der Waals surface area contributed by atoms with Crippen LogP contribution in [0.1, 0.15) is 38.3 Å². The van der Waals surface area contributed by atoms with Crippen molar-refractivity contribution in [2.75, 3.05) is 6.54 Å². The zero-order valence-corrected chi connectivity index (χ0v) is 11.4. The molecule has 1 aromatic carbocycles. The van der Waals surface area contributed by atoms with E-state index in [4.69, 9.17) is 0 Å². The van der Waals surface area contributed by atoms with Gasteiger partial charge >= 0.3 is 0 Å². The van der Waals surface area contributed by atoms with Crippen LogP contribution in [0.3, 0.4) is 0 Å². The number of ketones is 1.